The number of amides is 1. The molecule has 0 saturated carbocycles. The lowest BCUT2D eigenvalue weighted by atomic mass is 10.2. The van der Waals surface area contributed by atoms with Crippen LogP contribution in [0.15, 0.2) is 53.4 Å². The number of para-hydroxylation sites is 1. The van der Waals surface area contributed by atoms with Crippen LogP contribution in [0, 0.1) is 0 Å². The number of fused-ring (bicyclic) bond motifs is 1. The molecule has 0 spiro atoms. The number of hydrogen-bond donors (Lipinski definition) is 0. The van der Waals surface area contributed by atoms with Crippen LogP contribution in [0.2, 0.25) is 0 Å². The van der Waals surface area contributed by atoms with E-state index < -0.39 is 10.0 Å². The molecule has 1 heterocycles. The minimum atomic E-state index is -3.60. The molecule has 1 amide bonds. The summed E-state index contributed by atoms with van der Waals surface area (Å²) in [5.74, 6) is 0.676. The van der Waals surface area contributed by atoms with Crippen molar-refractivity contribution in [2.75, 3.05) is 31.6 Å². The van der Waals surface area contributed by atoms with Gasteiger partial charge >= 0.3 is 0 Å². The van der Waals surface area contributed by atoms with Crippen LogP contribution < -0.4 is 9.64 Å². The molecule has 3 rings (SSSR count). The maximum Gasteiger partial charge on any atom is 0.242 e. The second kappa shape index (κ2) is 7.47. The van der Waals surface area contributed by atoms with E-state index in [0.29, 0.717) is 18.7 Å². The number of hydrogen-bond acceptors (Lipinski definition) is 4. The van der Waals surface area contributed by atoms with Crippen LogP contribution in [-0.2, 0) is 21.2 Å². The second-order valence-corrected chi connectivity index (χ2v) is 8.24. The number of carbonyl (C=O) groups excluding carboxylic acids is 1. The zero-order chi connectivity index (χ0) is 18.7. The average Bonchev–Trinajstić information content (AvgIpc) is 3.06. The molecule has 1 aliphatic heterocycles. The van der Waals surface area contributed by atoms with Crippen LogP contribution in [-0.4, -0.2) is 45.4 Å². The molecular formula is C19H22N2O4S. The van der Waals surface area contributed by atoms with E-state index in [9.17, 15) is 13.2 Å². The van der Waals surface area contributed by atoms with E-state index in [0.717, 1.165) is 11.3 Å². The Morgan fingerprint density at radius 2 is 1.92 bits per heavy atom. The number of rotatable bonds is 6. The molecule has 0 aromatic heterocycles. The maximum atomic E-state index is 12.8. The Labute approximate surface area is 154 Å². The summed E-state index contributed by atoms with van der Waals surface area (Å²) < 4.78 is 32.4. The summed E-state index contributed by atoms with van der Waals surface area (Å²) in [7, 11) is -2.06. The topological polar surface area (TPSA) is 66.9 Å². The highest BCUT2D eigenvalue weighted by atomic mass is 32.2. The average molecular weight is 374 g/mol. The quantitative estimate of drug-likeness (QED) is 0.778. The zero-order valence-electron chi connectivity index (χ0n) is 14.9. The summed E-state index contributed by atoms with van der Waals surface area (Å²) in [5.41, 5.74) is 1.68. The lowest BCUT2D eigenvalue weighted by Crippen LogP contribution is -2.31. The fourth-order valence-corrected chi connectivity index (χ4v) is 4.18. The largest absolute Gasteiger partial charge is 0.492 e. The molecule has 0 unspecified atom stereocenters. The van der Waals surface area contributed by atoms with Gasteiger partial charge in [-0.1, -0.05) is 18.2 Å². The molecule has 26 heavy (non-hydrogen) atoms. The highest BCUT2D eigenvalue weighted by Crippen LogP contribution is 2.30. The Hall–Kier alpha value is -2.38. The Morgan fingerprint density at radius 3 is 2.62 bits per heavy atom. The number of likely N-dealkylation sites (N-methyl/N-ethyl adjacent to an activating group) is 1. The van der Waals surface area contributed by atoms with Gasteiger partial charge in [-0.05, 0) is 42.3 Å². The van der Waals surface area contributed by atoms with Crippen molar-refractivity contribution in [2.24, 2.45) is 0 Å². The van der Waals surface area contributed by atoms with E-state index in [2.05, 4.69) is 0 Å². The first-order valence-electron chi connectivity index (χ1n) is 8.45. The molecule has 1 aliphatic rings. The lowest BCUT2D eigenvalue weighted by molar-refractivity contribution is -0.116. The predicted molar refractivity (Wildman–Crippen MR) is 99.9 cm³/mol. The maximum absolute atomic E-state index is 12.8. The van der Waals surface area contributed by atoms with Crippen molar-refractivity contribution in [2.45, 2.75) is 18.2 Å². The molecule has 138 valence electrons. The standard InChI is InChI=1S/C19H22N2O4S/c1-15(22)21-11-10-16-14-18(8-9-19(16)21)26(23,24)20(2)12-13-25-17-6-4-3-5-7-17/h3-9,14H,10-13H2,1-2H3. The number of carbonyl (C=O) groups is 1. The monoisotopic (exact) mass is 374 g/mol. The lowest BCUT2D eigenvalue weighted by Gasteiger charge is -2.19. The smallest absolute Gasteiger partial charge is 0.242 e. The van der Waals surface area contributed by atoms with Gasteiger partial charge in [0.05, 0.1) is 4.90 Å². The normalized spacial score (nSPS) is 13.7. The van der Waals surface area contributed by atoms with Gasteiger partial charge in [-0.2, -0.15) is 4.31 Å². The Bertz CT molecular complexity index is 897. The Balaban J connectivity index is 1.69. The van der Waals surface area contributed by atoms with Crippen LogP contribution in [0.3, 0.4) is 0 Å². The zero-order valence-corrected chi connectivity index (χ0v) is 15.7. The number of nitrogens with zero attached hydrogens (tertiary/aromatic N) is 2. The van der Waals surface area contributed by atoms with Crippen LogP contribution in [0.4, 0.5) is 5.69 Å². The number of anilines is 1. The number of benzene rings is 2. The molecule has 0 saturated heterocycles. The van der Waals surface area contributed by atoms with E-state index >= 15 is 0 Å². The van der Waals surface area contributed by atoms with E-state index in [-0.39, 0.29) is 24.0 Å². The van der Waals surface area contributed by atoms with Crippen LogP contribution in [0.25, 0.3) is 0 Å². The minimum Gasteiger partial charge on any atom is -0.492 e. The Kier molecular flexibility index (Phi) is 5.29. The van der Waals surface area contributed by atoms with Crippen molar-refractivity contribution in [3.63, 3.8) is 0 Å². The van der Waals surface area contributed by atoms with Crippen LogP contribution >= 0.6 is 0 Å². The molecule has 0 fully saturated rings. The van der Waals surface area contributed by atoms with Crippen molar-refractivity contribution in [1.29, 1.82) is 0 Å². The highest BCUT2D eigenvalue weighted by molar-refractivity contribution is 7.89. The van der Waals surface area contributed by atoms with E-state index in [4.69, 9.17) is 4.74 Å². The summed E-state index contributed by atoms with van der Waals surface area (Å²) in [5, 5.41) is 0. The van der Waals surface area contributed by atoms with Gasteiger partial charge in [0, 0.05) is 32.7 Å². The number of ether oxygens (including phenoxy) is 1. The summed E-state index contributed by atoms with van der Waals surface area (Å²) >= 11 is 0. The van der Waals surface area contributed by atoms with Gasteiger partial charge in [-0.25, -0.2) is 8.42 Å². The van der Waals surface area contributed by atoms with Gasteiger partial charge in [0.15, 0.2) is 0 Å². The van der Waals surface area contributed by atoms with E-state index in [1.165, 1.54) is 11.2 Å². The van der Waals surface area contributed by atoms with Crippen molar-refractivity contribution in [3.8, 4) is 5.75 Å². The highest BCUT2D eigenvalue weighted by Gasteiger charge is 2.26. The molecule has 0 atom stereocenters. The van der Waals surface area contributed by atoms with Crippen LogP contribution in [0.1, 0.15) is 12.5 Å². The van der Waals surface area contributed by atoms with Crippen molar-refractivity contribution in [1.82, 2.24) is 4.31 Å². The van der Waals surface area contributed by atoms with Crippen molar-refractivity contribution >= 4 is 21.6 Å². The van der Waals surface area contributed by atoms with Crippen molar-refractivity contribution in [3.05, 3.63) is 54.1 Å². The van der Waals surface area contributed by atoms with Gasteiger partial charge in [0.1, 0.15) is 12.4 Å². The summed E-state index contributed by atoms with van der Waals surface area (Å²) in [6.07, 6.45) is 0.666. The molecule has 0 N–H and O–H groups in total. The summed E-state index contributed by atoms with van der Waals surface area (Å²) in [6, 6.07) is 14.2. The van der Waals surface area contributed by atoms with Gasteiger partial charge in [0.25, 0.3) is 0 Å². The fourth-order valence-electron chi connectivity index (χ4n) is 2.97. The first-order valence-corrected chi connectivity index (χ1v) is 9.89. The third-order valence-corrected chi connectivity index (χ3v) is 6.31. The first kappa shape index (κ1) is 18.4. The molecule has 7 heteroatoms. The molecular weight excluding hydrogens is 352 g/mol. The van der Waals surface area contributed by atoms with E-state index in [1.807, 2.05) is 30.3 Å². The second-order valence-electron chi connectivity index (χ2n) is 6.20. The van der Waals surface area contributed by atoms with E-state index in [1.54, 1.807) is 30.1 Å². The number of sulfonamides is 1. The third-order valence-electron chi connectivity index (χ3n) is 4.45. The minimum absolute atomic E-state index is 0.0328. The summed E-state index contributed by atoms with van der Waals surface area (Å²) in [6.45, 7) is 2.62. The van der Waals surface area contributed by atoms with Gasteiger partial charge in [0.2, 0.25) is 15.9 Å². The fraction of sp³-hybridized carbons (Fsp3) is 0.316. The third kappa shape index (κ3) is 3.73. The molecule has 0 bridgehead atoms. The van der Waals surface area contributed by atoms with Crippen LogP contribution in [0.5, 0.6) is 5.75 Å². The van der Waals surface area contributed by atoms with Gasteiger partial charge < -0.3 is 9.64 Å². The van der Waals surface area contributed by atoms with Gasteiger partial charge in [-0.15, -0.1) is 0 Å². The SMILES string of the molecule is CC(=O)N1CCc2cc(S(=O)(=O)N(C)CCOc3ccccc3)ccc21. The summed E-state index contributed by atoms with van der Waals surface area (Å²) in [4.78, 5) is 13.5. The molecule has 0 radical (unpaired) electrons. The molecule has 0 aliphatic carbocycles. The molecule has 2 aromatic rings. The molecule has 2 aromatic carbocycles. The predicted octanol–water partition coefficient (Wildman–Crippen LogP) is 2.30. The van der Waals surface area contributed by atoms with Crippen molar-refractivity contribution < 1.29 is 17.9 Å². The molecule has 6 nitrogen and oxygen atoms in total. The van der Waals surface area contributed by atoms with Gasteiger partial charge in [-0.3, -0.25) is 4.79 Å². The first-order chi connectivity index (χ1) is 12.4. The Morgan fingerprint density at radius 1 is 1.19 bits per heavy atom.